The Labute approximate surface area is 105 Å². The van der Waals surface area contributed by atoms with Gasteiger partial charge in [-0.05, 0) is 40.5 Å². The minimum atomic E-state index is 0.0406. The van der Waals surface area contributed by atoms with Crippen LogP contribution in [-0.4, -0.2) is 20.3 Å². The van der Waals surface area contributed by atoms with E-state index in [2.05, 4.69) is 15.9 Å². The number of halogens is 1. The van der Waals surface area contributed by atoms with Crippen LogP contribution in [0.5, 0.6) is 5.75 Å². The Morgan fingerprint density at radius 2 is 2.12 bits per heavy atom. The zero-order valence-corrected chi connectivity index (χ0v) is 11.3. The quantitative estimate of drug-likeness (QED) is 0.819. The summed E-state index contributed by atoms with van der Waals surface area (Å²) in [5, 5.41) is 0. The summed E-state index contributed by atoms with van der Waals surface area (Å²) in [4.78, 5) is 0. The van der Waals surface area contributed by atoms with E-state index >= 15 is 0 Å². The zero-order chi connectivity index (χ0) is 12.0. The number of benzene rings is 1. The van der Waals surface area contributed by atoms with Gasteiger partial charge < -0.3 is 15.2 Å². The fourth-order valence-corrected chi connectivity index (χ4v) is 1.81. The number of hydrogen-bond donors (Lipinski definition) is 1. The first-order valence-electron chi connectivity index (χ1n) is 5.32. The third kappa shape index (κ3) is 4.12. The van der Waals surface area contributed by atoms with Gasteiger partial charge in [0.1, 0.15) is 5.75 Å². The molecule has 0 aliphatic rings. The monoisotopic (exact) mass is 287 g/mol. The first-order chi connectivity index (χ1) is 7.65. The molecule has 0 aromatic heterocycles. The number of rotatable bonds is 6. The van der Waals surface area contributed by atoms with Crippen LogP contribution in [0.3, 0.4) is 0 Å². The summed E-state index contributed by atoms with van der Waals surface area (Å²) in [6, 6.07) is 5.96. The molecule has 0 bridgehead atoms. The normalized spacial score (nSPS) is 12.5. The lowest BCUT2D eigenvalue weighted by Gasteiger charge is -2.11. The molecule has 0 amide bonds. The fourth-order valence-electron chi connectivity index (χ4n) is 1.30. The molecule has 0 aliphatic carbocycles. The van der Waals surface area contributed by atoms with Crippen LogP contribution < -0.4 is 10.5 Å². The molecule has 0 saturated heterocycles. The average molecular weight is 288 g/mol. The fraction of sp³-hybridized carbons (Fsp3) is 0.500. The molecule has 1 aromatic rings. The first kappa shape index (κ1) is 13.5. The van der Waals surface area contributed by atoms with Crippen LogP contribution in [0.15, 0.2) is 22.7 Å². The molecule has 0 heterocycles. The molecule has 0 spiro atoms. The van der Waals surface area contributed by atoms with Crippen molar-refractivity contribution in [1.82, 2.24) is 0 Å². The van der Waals surface area contributed by atoms with E-state index in [0.29, 0.717) is 6.61 Å². The Kier molecular flexibility index (Phi) is 5.80. The van der Waals surface area contributed by atoms with Crippen LogP contribution in [0.4, 0.5) is 0 Å². The van der Waals surface area contributed by atoms with E-state index in [9.17, 15) is 0 Å². The lowest BCUT2D eigenvalue weighted by molar-refractivity contribution is 0.172. The SMILES string of the molecule is COCCCOc1ccc([C@H](C)N)cc1Br. The molecule has 0 radical (unpaired) electrons. The van der Waals surface area contributed by atoms with Crippen LogP contribution in [-0.2, 0) is 4.74 Å². The summed E-state index contributed by atoms with van der Waals surface area (Å²) in [5.74, 6) is 0.848. The summed E-state index contributed by atoms with van der Waals surface area (Å²) in [7, 11) is 1.69. The van der Waals surface area contributed by atoms with Gasteiger partial charge in [-0.25, -0.2) is 0 Å². The summed E-state index contributed by atoms with van der Waals surface area (Å²) in [6.45, 7) is 3.33. The molecule has 0 fully saturated rings. The average Bonchev–Trinajstić information content (AvgIpc) is 2.26. The number of nitrogens with two attached hydrogens (primary N) is 1. The maximum atomic E-state index is 5.79. The largest absolute Gasteiger partial charge is 0.492 e. The molecule has 3 nitrogen and oxygen atoms in total. The first-order valence-corrected chi connectivity index (χ1v) is 6.11. The molecular formula is C12H18BrNO2. The lowest BCUT2D eigenvalue weighted by atomic mass is 10.1. The van der Waals surface area contributed by atoms with E-state index < -0.39 is 0 Å². The molecule has 0 unspecified atom stereocenters. The van der Waals surface area contributed by atoms with Crippen LogP contribution >= 0.6 is 15.9 Å². The number of hydrogen-bond acceptors (Lipinski definition) is 3. The van der Waals surface area contributed by atoms with Gasteiger partial charge in [-0.3, -0.25) is 0 Å². The van der Waals surface area contributed by atoms with E-state index in [1.165, 1.54) is 0 Å². The highest BCUT2D eigenvalue weighted by atomic mass is 79.9. The second-order valence-electron chi connectivity index (χ2n) is 3.67. The Balaban J connectivity index is 2.54. The third-order valence-electron chi connectivity index (χ3n) is 2.23. The predicted octanol–water partition coefficient (Wildman–Crippen LogP) is 2.88. The zero-order valence-electron chi connectivity index (χ0n) is 9.70. The maximum absolute atomic E-state index is 5.79. The van der Waals surface area contributed by atoms with Gasteiger partial charge in [0.25, 0.3) is 0 Å². The van der Waals surface area contributed by atoms with Gasteiger partial charge in [0.05, 0.1) is 11.1 Å². The molecule has 16 heavy (non-hydrogen) atoms. The van der Waals surface area contributed by atoms with Gasteiger partial charge in [0.15, 0.2) is 0 Å². The highest BCUT2D eigenvalue weighted by Gasteiger charge is 2.05. The van der Waals surface area contributed by atoms with Crippen molar-refractivity contribution in [3.05, 3.63) is 28.2 Å². The van der Waals surface area contributed by atoms with Gasteiger partial charge >= 0.3 is 0 Å². The Morgan fingerprint density at radius 1 is 1.38 bits per heavy atom. The molecule has 0 aliphatic heterocycles. The van der Waals surface area contributed by atoms with Crippen molar-refractivity contribution in [2.24, 2.45) is 5.73 Å². The van der Waals surface area contributed by atoms with Crippen molar-refractivity contribution >= 4 is 15.9 Å². The lowest BCUT2D eigenvalue weighted by Crippen LogP contribution is -2.06. The van der Waals surface area contributed by atoms with Crippen molar-refractivity contribution in [2.45, 2.75) is 19.4 Å². The van der Waals surface area contributed by atoms with Crippen LogP contribution in [0.1, 0.15) is 24.9 Å². The third-order valence-corrected chi connectivity index (χ3v) is 2.85. The minimum absolute atomic E-state index is 0.0406. The highest BCUT2D eigenvalue weighted by Crippen LogP contribution is 2.27. The van der Waals surface area contributed by atoms with Gasteiger partial charge in [0, 0.05) is 26.2 Å². The number of methoxy groups -OCH3 is 1. The van der Waals surface area contributed by atoms with E-state index in [4.69, 9.17) is 15.2 Å². The van der Waals surface area contributed by atoms with Gasteiger partial charge in [-0.15, -0.1) is 0 Å². The van der Waals surface area contributed by atoms with Crippen molar-refractivity contribution in [3.8, 4) is 5.75 Å². The minimum Gasteiger partial charge on any atom is -0.492 e. The van der Waals surface area contributed by atoms with Gasteiger partial charge in [0.2, 0.25) is 0 Å². The van der Waals surface area contributed by atoms with E-state index in [-0.39, 0.29) is 6.04 Å². The molecule has 0 saturated carbocycles. The summed E-state index contributed by atoms with van der Waals surface area (Å²) in [5.41, 5.74) is 6.89. The van der Waals surface area contributed by atoms with E-state index in [0.717, 1.165) is 28.8 Å². The molecular weight excluding hydrogens is 270 g/mol. The summed E-state index contributed by atoms with van der Waals surface area (Å²) < 4.78 is 11.5. The van der Waals surface area contributed by atoms with E-state index in [1.807, 2.05) is 25.1 Å². The Morgan fingerprint density at radius 3 is 2.69 bits per heavy atom. The molecule has 1 aromatic carbocycles. The molecule has 1 atom stereocenters. The second-order valence-corrected chi connectivity index (χ2v) is 4.53. The molecule has 4 heteroatoms. The van der Waals surface area contributed by atoms with Crippen LogP contribution in [0.25, 0.3) is 0 Å². The molecule has 90 valence electrons. The van der Waals surface area contributed by atoms with Gasteiger partial charge in [-0.1, -0.05) is 6.07 Å². The summed E-state index contributed by atoms with van der Waals surface area (Å²) >= 11 is 3.47. The maximum Gasteiger partial charge on any atom is 0.133 e. The highest BCUT2D eigenvalue weighted by molar-refractivity contribution is 9.10. The smallest absolute Gasteiger partial charge is 0.133 e. The Bertz CT molecular complexity index is 329. The second kappa shape index (κ2) is 6.89. The topological polar surface area (TPSA) is 44.5 Å². The van der Waals surface area contributed by atoms with Crippen molar-refractivity contribution in [2.75, 3.05) is 20.3 Å². The van der Waals surface area contributed by atoms with Crippen LogP contribution in [0, 0.1) is 0 Å². The standard InChI is InChI=1S/C12H18BrNO2/c1-9(14)10-4-5-12(11(13)8-10)16-7-3-6-15-2/h4-5,8-9H,3,6-7,14H2,1-2H3/t9-/m0/s1. The predicted molar refractivity (Wildman–Crippen MR) is 68.7 cm³/mol. The Hall–Kier alpha value is -0.580. The molecule has 2 N–H and O–H groups in total. The molecule has 1 rings (SSSR count). The van der Waals surface area contributed by atoms with E-state index in [1.54, 1.807) is 7.11 Å². The summed E-state index contributed by atoms with van der Waals surface area (Å²) in [6.07, 6.45) is 0.887. The van der Waals surface area contributed by atoms with Crippen molar-refractivity contribution < 1.29 is 9.47 Å². The van der Waals surface area contributed by atoms with Crippen molar-refractivity contribution in [3.63, 3.8) is 0 Å². The van der Waals surface area contributed by atoms with Crippen molar-refractivity contribution in [1.29, 1.82) is 0 Å². The van der Waals surface area contributed by atoms with Gasteiger partial charge in [-0.2, -0.15) is 0 Å². The van der Waals surface area contributed by atoms with Crippen LogP contribution in [0.2, 0.25) is 0 Å². The number of ether oxygens (including phenoxy) is 2.